The Labute approximate surface area is 193 Å². The van der Waals surface area contributed by atoms with Crippen molar-refractivity contribution in [1.29, 1.82) is 0 Å². The number of nitrogens with one attached hydrogen (secondary N) is 2. The Morgan fingerprint density at radius 1 is 1.09 bits per heavy atom. The summed E-state index contributed by atoms with van der Waals surface area (Å²) >= 11 is 0. The van der Waals surface area contributed by atoms with Crippen LogP contribution in [0.2, 0.25) is 0 Å². The van der Waals surface area contributed by atoms with Gasteiger partial charge in [0.15, 0.2) is 6.61 Å². The van der Waals surface area contributed by atoms with Gasteiger partial charge in [-0.2, -0.15) is 0 Å². The van der Waals surface area contributed by atoms with Gasteiger partial charge in [0.05, 0.1) is 12.2 Å². The summed E-state index contributed by atoms with van der Waals surface area (Å²) in [5.41, 5.74) is 4.18. The van der Waals surface area contributed by atoms with Gasteiger partial charge in [-0.1, -0.05) is 12.1 Å². The van der Waals surface area contributed by atoms with Crippen LogP contribution in [0.5, 0.6) is 5.75 Å². The minimum absolute atomic E-state index is 0.0171. The highest BCUT2D eigenvalue weighted by molar-refractivity contribution is 5.99. The number of rotatable bonds is 8. The van der Waals surface area contributed by atoms with Gasteiger partial charge >= 0.3 is 0 Å². The van der Waals surface area contributed by atoms with E-state index in [9.17, 15) is 14.4 Å². The van der Waals surface area contributed by atoms with Crippen molar-refractivity contribution in [3.8, 4) is 5.75 Å². The molecule has 4 rings (SSSR count). The number of carbonyl (C=O) groups is 3. The number of hydrogen-bond donors (Lipinski definition) is 2. The van der Waals surface area contributed by atoms with Gasteiger partial charge in [0.2, 0.25) is 11.8 Å². The average Bonchev–Trinajstić information content (AvgIpc) is 3.62. The molecule has 0 radical (unpaired) electrons. The maximum absolute atomic E-state index is 12.7. The molecule has 8 nitrogen and oxygen atoms in total. The van der Waals surface area contributed by atoms with Gasteiger partial charge in [0, 0.05) is 37.4 Å². The number of likely N-dealkylation sites (N-methyl/N-ethyl adjacent to an activating group) is 1. The summed E-state index contributed by atoms with van der Waals surface area (Å²) in [6.45, 7) is 4.75. The van der Waals surface area contributed by atoms with Crippen LogP contribution in [0.1, 0.15) is 30.4 Å². The number of ether oxygens (including phenoxy) is 1. The van der Waals surface area contributed by atoms with E-state index < -0.39 is 0 Å². The quantitative estimate of drug-likeness (QED) is 0.645. The van der Waals surface area contributed by atoms with E-state index in [2.05, 4.69) is 15.5 Å². The van der Waals surface area contributed by atoms with E-state index in [4.69, 9.17) is 4.74 Å². The molecule has 8 heteroatoms. The molecule has 2 aromatic carbocycles. The first kappa shape index (κ1) is 22.8. The van der Waals surface area contributed by atoms with Gasteiger partial charge in [0.25, 0.3) is 5.91 Å². The number of carbonyl (C=O) groups excluding carboxylic acids is 3. The fraction of sp³-hybridized carbons (Fsp3) is 0.400. The summed E-state index contributed by atoms with van der Waals surface area (Å²) < 4.78 is 5.42. The highest BCUT2D eigenvalue weighted by Gasteiger charge is 2.30. The third-order valence-electron chi connectivity index (χ3n) is 6.03. The van der Waals surface area contributed by atoms with Crippen LogP contribution in [0.15, 0.2) is 36.4 Å². The molecule has 1 saturated carbocycles. The summed E-state index contributed by atoms with van der Waals surface area (Å²) in [5.74, 6) is 0.273. The first-order valence-corrected chi connectivity index (χ1v) is 11.2. The van der Waals surface area contributed by atoms with Crippen LogP contribution in [0.3, 0.4) is 0 Å². The molecule has 1 heterocycles. The number of hydrogen-bond acceptors (Lipinski definition) is 5. The molecule has 1 fully saturated rings. The summed E-state index contributed by atoms with van der Waals surface area (Å²) in [5, 5.41) is 5.89. The predicted molar refractivity (Wildman–Crippen MR) is 128 cm³/mol. The number of anilines is 3. The molecule has 1 aliphatic carbocycles. The lowest BCUT2D eigenvalue weighted by Crippen LogP contribution is -2.37. The van der Waals surface area contributed by atoms with Gasteiger partial charge in [0.1, 0.15) is 5.75 Å². The molecule has 2 aromatic rings. The number of fused-ring (bicyclic) bond motifs is 1. The molecule has 174 valence electrons. The Balaban J connectivity index is 1.31. The average molecular weight is 451 g/mol. The predicted octanol–water partition coefficient (Wildman–Crippen LogP) is 3.09. The second-order valence-corrected chi connectivity index (χ2v) is 8.79. The normalized spacial score (nSPS) is 15.2. The van der Waals surface area contributed by atoms with E-state index in [1.807, 2.05) is 32.0 Å². The van der Waals surface area contributed by atoms with E-state index in [0.29, 0.717) is 29.7 Å². The van der Waals surface area contributed by atoms with Crippen LogP contribution < -0.4 is 20.3 Å². The van der Waals surface area contributed by atoms with Gasteiger partial charge in [-0.15, -0.1) is 0 Å². The molecule has 0 aromatic heterocycles. The zero-order chi connectivity index (χ0) is 23.5. The SMILES string of the molecule is Cc1ccc(C)c(NC(=O)CN(CCC(=O)Nc2ccc3c(c2)N(C)C(=O)CO3)C2CC2)c1. The summed E-state index contributed by atoms with van der Waals surface area (Å²) in [6, 6.07) is 11.6. The monoisotopic (exact) mass is 450 g/mol. The van der Waals surface area contributed by atoms with E-state index in [1.54, 1.807) is 25.2 Å². The molecule has 0 bridgehead atoms. The first-order chi connectivity index (χ1) is 15.8. The minimum atomic E-state index is -0.138. The molecule has 33 heavy (non-hydrogen) atoms. The zero-order valence-electron chi connectivity index (χ0n) is 19.3. The van der Waals surface area contributed by atoms with Crippen molar-refractivity contribution in [3.63, 3.8) is 0 Å². The van der Waals surface area contributed by atoms with Gasteiger partial charge in [-0.05, 0) is 62.1 Å². The largest absolute Gasteiger partial charge is 0.482 e. The topological polar surface area (TPSA) is 91.0 Å². The van der Waals surface area contributed by atoms with Gasteiger partial charge in [-0.25, -0.2) is 0 Å². The van der Waals surface area contributed by atoms with Crippen LogP contribution >= 0.6 is 0 Å². The molecule has 0 spiro atoms. The summed E-state index contributed by atoms with van der Waals surface area (Å²) in [4.78, 5) is 40.7. The highest BCUT2D eigenvalue weighted by Crippen LogP contribution is 2.33. The van der Waals surface area contributed by atoms with Crippen LogP contribution in [0.25, 0.3) is 0 Å². The smallest absolute Gasteiger partial charge is 0.264 e. The zero-order valence-corrected chi connectivity index (χ0v) is 19.3. The van der Waals surface area contributed by atoms with E-state index >= 15 is 0 Å². The molecule has 0 unspecified atom stereocenters. The van der Waals surface area contributed by atoms with Crippen molar-refractivity contribution in [2.45, 2.75) is 39.2 Å². The van der Waals surface area contributed by atoms with Crippen molar-refractivity contribution < 1.29 is 19.1 Å². The van der Waals surface area contributed by atoms with Crippen LogP contribution in [-0.4, -0.2) is 55.4 Å². The number of benzene rings is 2. The number of nitrogens with zero attached hydrogens (tertiary/aromatic N) is 2. The molecular weight excluding hydrogens is 420 g/mol. The summed E-state index contributed by atoms with van der Waals surface area (Å²) in [7, 11) is 1.69. The van der Waals surface area contributed by atoms with Crippen molar-refractivity contribution in [2.24, 2.45) is 0 Å². The number of amides is 3. The molecule has 0 saturated heterocycles. The van der Waals surface area contributed by atoms with Crippen molar-refractivity contribution in [3.05, 3.63) is 47.5 Å². The van der Waals surface area contributed by atoms with Crippen molar-refractivity contribution >= 4 is 34.8 Å². The maximum atomic E-state index is 12.7. The Hall–Kier alpha value is -3.39. The van der Waals surface area contributed by atoms with Gasteiger partial charge < -0.3 is 20.3 Å². The fourth-order valence-electron chi connectivity index (χ4n) is 3.89. The summed E-state index contributed by atoms with van der Waals surface area (Å²) in [6.07, 6.45) is 2.36. The highest BCUT2D eigenvalue weighted by atomic mass is 16.5. The van der Waals surface area contributed by atoms with E-state index in [-0.39, 0.29) is 37.3 Å². The second kappa shape index (κ2) is 9.62. The Kier molecular flexibility index (Phi) is 6.65. The molecule has 3 amide bonds. The molecular formula is C25H30N4O4. The second-order valence-electron chi connectivity index (χ2n) is 8.79. The molecule has 0 atom stereocenters. The van der Waals surface area contributed by atoms with Crippen molar-refractivity contribution in [1.82, 2.24) is 4.90 Å². The van der Waals surface area contributed by atoms with Gasteiger partial charge in [-0.3, -0.25) is 19.3 Å². The van der Waals surface area contributed by atoms with E-state index in [0.717, 1.165) is 29.7 Å². The van der Waals surface area contributed by atoms with Crippen LogP contribution in [0.4, 0.5) is 17.1 Å². The van der Waals surface area contributed by atoms with E-state index in [1.165, 1.54) is 4.90 Å². The molecule has 2 N–H and O–H groups in total. The standard InChI is InChI=1S/C25H30N4O4/c1-16-4-5-17(2)20(12-16)27-24(31)14-29(19-7-8-19)11-10-23(30)26-18-6-9-22-21(13-18)28(3)25(32)15-33-22/h4-6,9,12-13,19H,7-8,10-11,14-15H2,1-3H3,(H,26,30)(H,27,31). The van der Waals surface area contributed by atoms with Crippen molar-refractivity contribution in [2.75, 3.05) is 42.3 Å². The lowest BCUT2D eigenvalue weighted by molar-refractivity contribution is -0.121. The van der Waals surface area contributed by atoms with Crippen LogP contribution in [0, 0.1) is 13.8 Å². The van der Waals surface area contributed by atoms with Crippen LogP contribution in [-0.2, 0) is 14.4 Å². The molecule has 1 aliphatic heterocycles. The molecule has 2 aliphatic rings. The minimum Gasteiger partial charge on any atom is -0.482 e. The Morgan fingerprint density at radius 2 is 1.88 bits per heavy atom. The lowest BCUT2D eigenvalue weighted by Gasteiger charge is -2.26. The number of aryl methyl sites for hydroxylation is 2. The third-order valence-corrected chi connectivity index (χ3v) is 6.03. The first-order valence-electron chi connectivity index (χ1n) is 11.2. The Bertz CT molecular complexity index is 1080. The Morgan fingerprint density at radius 3 is 2.64 bits per heavy atom. The maximum Gasteiger partial charge on any atom is 0.264 e. The fourth-order valence-corrected chi connectivity index (χ4v) is 3.89. The third kappa shape index (κ3) is 5.70. The lowest BCUT2D eigenvalue weighted by atomic mass is 10.1.